The minimum absolute atomic E-state index is 0.117. The molecule has 80 valence electrons. The molecule has 3 nitrogen and oxygen atoms in total. The number of halogens is 2. The van der Waals surface area contributed by atoms with Gasteiger partial charge >= 0.3 is 0 Å². The van der Waals surface area contributed by atoms with Gasteiger partial charge < -0.3 is 5.73 Å². The molecule has 0 unspecified atom stereocenters. The number of hydrogen-bond acceptors (Lipinski definition) is 3. The van der Waals surface area contributed by atoms with Gasteiger partial charge in [0.2, 0.25) is 0 Å². The second-order valence-electron chi connectivity index (χ2n) is 3.13. The zero-order chi connectivity index (χ0) is 11.4. The van der Waals surface area contributed by atoms with Crippen molar-refractivity contribution < 1.29 is 8.78 Å². The Balaban J connectivity index is 3.30. The maximum atomic E-state index is 12.7. The fraction of sp³-hybridized carbons (Fsp3) is 0.400. The fourth-order valence-electron chi connectivity index (χ4n) is 1.43. The molecule has 5 heteroatoms. The van der Waals surface area contributed by atoms with Crippen molar-refractivity contribution in [2.24, 2.45) is 5.73 Å². The van der Waals surface area contributed by atoms with Crippen LogP contribution in [0, 0.1) is 18.3 Å². The van der Waals surface area contributed by atoms with Gasteiger partial charge in [0.25, 0.3) is 6.43 Å². The molecular weight excluding hydrogens is 200 g/mol. The minimum Gasteiger partial charge on any atom is -0.325 e. The summed E-state index contributed by atoms with van der Waals surface area (Å²) < 4.78 is 25.3. The molecule has 0 aliphatic carbocycles. The SMILES string of the molecule is Cc1cc(CN)nc(CC#N)c1C(F)F. The summed E-state index contributed by atoms with van der Waals surface area (Å²) in [6.07, 6.45) is -2.72. The van der Waals surface area contributed by atoms with Gasteiger partial charge in [-0.3, -0.25) is 4.98 Å². The fourth-order valence-corrected chi connectivity index (χ4v) is 1.43. The number of aryl methyl sites for hydroxylation is 1. The lowest BCUT2D eigenvalue weighted by molar-refractivity contribution is 0.149. The van der Waals surface area contributed by atoms with E-state index in [1.165, 1.54) is 6.07 Å². The van der Waals surface area contributed by atoms with E-state index in [0.29, 0.717) is 11.3 Å². The third-order valence-electron chi connectivity index (χ3n) is 2.07. The van der Waals surface area contributed by atoms with Gasteiger partial charge in [0, 0.05) is 12.1 Å². The number of nitrogens with zero attached hydrogens (tertiary/aromatic N) is 2. The van der Waals surface area contributed by atoms with Gasteiger partial charge in [-0.25, -0.2) is 8.78 Å². The average molecular weight is 211 g/mol. The van der Waals surface area contributed by atoms with E-state index in [1.54, 1.807) is 6.92 Å². The van der Waals surface area contributed by atoms with Crippen LogP contribution in [0.2, 0.25) is 0 Å². The lowest BCUT2D eigenvalue weighted by atomic mass is 10.0. The number of nitrogens with two attached hydrogens (primary N) is 1. The zero-order valence-corrected chi connectivity index (χ0v) is 8.30. The molecule has 15 heavy (non-hydrogen) atoms. The van der Waals surface area contributed by atoms with Crippen LogP contribution >= 0.6 is 0 Å². The largest absolute Gasteiger partial charge is 0.325 e. The molecule has 0 bridgehead atoms. The monoisotopic (exact) mass is 211 g/mol. The number of pyridine rings is 1. The van der Waals surface area contributed by atoms with Crippen molar-refractivity contribution in [3.63, 3.8) is 0 Å². The van der Waals surface area contributed by atoms with Gasteiger partial charge in [0.15, 0.2) is 0 Å². The van der Waals surface area contributed by atoms with Crippen LogP contribution in [-0.2, 0) is 13.0 Å². The number of aromatic nitrogens is 1. The average Bonchev–Trinajstić information content (AvgIpc) is 2.16. The lowest BCUT2D eigenvalue weighted by Gasteiger charge is -2.10. The lowest BCUT2D eigenvalue weighted by Crippen LogP contribution is -2.07. The van der Waals surface area contributed by atoms with E-state index in [1.807, 2.05) is 6.07 Å². The van der Waals surface area contributed by atoms with E-state index < -0.39 is 6.43 Å². The molecule has 0 saturated carbocycles. The van der Waals surface area contributed by atoms with Crippen LogP contribution in [0.3, 0.4) is 0 Å². The number of alkyl halides is 2. The third-order valence-corrected chi connectivity index (χ3v) is 2.07. The Morgan fingerprint density at radius 1 is 1.60 bits per heavy atom. The highest BCUT2D eigenvalue weighted by atomic mass is 19.3. The minimum atomic E-state index is -2.60. The molecule has 0 saturated heterocycles. The highest BCUT2D eigenvalue weighted by Crippen LogP contribution is 2.26. The zero-order valence-electron chi connectivity index (χ0n) is 8.30. The van der Waals surface area contributed by atoms with Crippen LogP contribution in [0.15, 0.2) is 6.07 Å². The van der Waals surface area contributed by atoms with Gasteiger partial charge in [-0.15, -0.1) is 0 Å². The maximum Gasteiger partial charge on any atom is 0.265 e. The maximum absolute atomic E-state index is 12.7. The predicted molar refractivity (Wildman–Crippen MR) is 51.1 cm³/mol. The van der Waals surface area contributed by atoms with Crippen LogP contribution in [0.25, 0.3) is 0 Å². The summed E-state index contributed by atoms with van der Waals surface area (Å²) >= 11 is 0. The molecule has 1 rings (SSSR count). The standard InChI is InChI=1S/C10H11F2N3/c1-6-4-7(5-14)15-8(2-3-13)9(6)10(11)12/h4,10H,2,5,14H2,1H3. The first kappa shape index (κ1) is 11.5. The van der Waals surface area contributed by atoms with Gasteiger partial charge in [0.05, 0.1) is 23.9 Å². The molecule has 0 atom stereocenters. The van der Waals surface area contributed by atoms with Crippen molar-refractivity contribution in [1.82, 2.24) is 4.98 Å². The Morgan fingerprint density at radius 2 is 2.27 bits per heavy atom. The first-order chi connectivity index (χ1) is 7.10. The normalized spacial score (nSPS) is 10.4. The van der Waals surface area contributed by atoms with E-state index in [-0.39, 0.29) is 24.2 Å². The molecule has 0 radical (unpaired) electrons. The van der Waals surface area contributed by atoms with Crippen LogP contribution in [-0.4, -0.2) is 4.98 Å². The van der Waals surface area contributed by atoms with Crippen molar-refractivity contribution in [2.45, 2.75) is 26.3 Å². The molecule has 0 amide bonds. The van der Waals surface area contributed by atoms with Crippen LogP contribution in [0.5, 0.6) is 0 Å². The summed E-state index contributed by atoms with van der Waals surface area (Å²) in [4.78, 5) is 3.94. The summed E-state index contributed by atoms with van der Waals surface area (Å²) in [5.74, 6) is 0. The van der Waals surface area contributed by atoms with E-state index >= 15 is 0 Å². The van der Waals surface area contributed by atoms with Crippen molar-refractivity contribution in [2.75, 3.05) is 0 Å². The molecule has 1 aromatic heterocycles. The molecule has 2 N–H and O–H groups in total. The van der Waals surface area contributed by atoms with Crippen LogP contribution in [0.4, 0.5) is 8.78 Å². The molecule has 0 fully saturated rings. The molecule has 1 aromatic rings. The van der Waals surface area contributed by atoms with Crippen molar-refractivity contribution >= 4 is 0 Å². The third kappa shape index (κ3) is 2.48. The Bertz CT molecular complexity index is 396. The highest BCUT2D eigenvalue weighted by molar-refractivity contribution is 5.34. The Hall–Kier alpha value is -1.54. The van der Waals surface area contributed by atoms with E-state index in [9.17, 15) is 8.78 Å². The van der Waals surface area contributed by atoms with Crippen LogP contribution < -0.4 is 5.73 Å². The first-order valence-electron chi connectivity index (χ1n) is 4.44. The van der Waals surface area contributed by atoms with Crippen LogP contribution in [0.1, 0.15) is 28.9 Å². The van der Waals surface area contributed by atoms with Gasteiger partial charge in [-0.05, 0) is 18.6 Å². The molecule has 0 spiro atoms. The Kier molecular flexibility index (Phi) is 3.69. The number of rotatable bonds is 3. The molecule has 0 aliphatic rings. The highest BCUT2D eigenvalue weighted by Gasteiger charge is 2.17. The van der Waals surface area contributed by atoms with Gasteiger partial charge in [0.1, 0.15) is 0 Å². The second-order valence-corrected chi connectivity index (χ2v) is 3.13. The van der Waals surface area contributed by atoms with E-state index in [2.05, 4.69) is 4.98 Å². The topological polar surface area (TPSA) is 62.7 Å². The Morgan fingerprint density at radius 3 is 2.73 bits per heavy atom. The molecule has 1 heterocycles. The van der Waals surface area contributed by atoms with Gasteiger partial charge in [-0.2, -0.15) is 5.26 Å². The van der Waals surface area contributed by atoms with Crippen molar-refractivity contribution in [3.8, 4) is 6.07 Å². The van der Waals surface area contributed by atoms with Crippen molar-refractivity contribution in [1.29, 1.82) is 5.26 Å². The summed E-state index contributed by atoms with van der Waals surface area (Å²) in [7, 11) is 0. The Labute approximate surface area is 86.5 Å². The van der Waals surface area contributed by atoms with Crippen molar-refractivity contribution in [3.05, 3.63) is 28.6 Å². The quantitative estimate of drug-likeness (QED) is 0.829. The number of nitriles is 1. The molecular formula is C10H11F2N3. The van der Waals surface area contributed by atoms with E-state index in [0.717, 1.165) is 0 Å². The predicted octanol–water partition coefficient (Wildman–Crippen LogP) is 1.85. The second kappa shape index (κ2) is 4.80. The number of hydrogen-bond donors (Lipinski definition) is 1. The smallest absolute Gasteiger partial charge is 0.265 e. The summed E-state index contributed by atoms with van der Waals surface area (Å²) in [6.45, 7) is 1.76. The van der Waals surface area contributed by atoms with E-state index in [4.69, 9.17) is 11.0 Å². The van der Waals surface area contributed by atoms with Gasteiger partial charge in [-0.1, -0.05) is 0 Å². The summed E-state index contributed by atoms with van der Waals surface area (Å²) in [5, 5.41) is 8.51. The molecule has 0 aromatic carbocycles. The molecule has 0 aliphatic heterocycles. The first-order valence-corrected chi connectivity index (χ1v) is 4.44. The summed E-state index contributed by atoms with van der Waals surface area (Å²) in [5.41, 5.74) is 6.33. The summed E-state index contributed by atoms with van der Waals surface area (Å²) in [6, 6.07) is 3.35.